The number of benzene rings is 2. The van der Waals surface area contributed by atoms with Gasteiger partial charge in [0.1, 0.15) is 0 Å². The van der Waals surface area contributed by atoms with E-state index in [1.807, 2.05) is 25.1 Å². The first-order valence-corrected chi connectivity index (χ1v) is 9.25. The summed E-state index contributed by atoms with van der Waals surface area (Å²) in [6.45, 7) is 3.09. The van der Waals surface area contributed by atoms with Crippen LogP contribution in [0.5, 0.6) is 0 Å². The highest BCUT2D eigenvalue weighted by molar-refractivity contribution is 5.94. The Morgan fingerprint density at radius 2 is 2.00 bits per heavy atom. The Morgan fingerprint density at radius 3 is 2.68 bits per heavy atom. The highest BCUT2D eigenvalue weighted by atomic mass is 16.6. The van der Waals surface area contributed by atoms with E-state index in [9.17, 15) is 19.7 Å². The smallest absolute Gasteiger partial charge is 0.269 e. The summed E-state index contributed by atoms with van der Waals surface area (Å²) in [6.07, 6.45) is 1.46. The Labute approximate surface area is 163 Å². The summed E-state index contributed by atoms with van der Waals surface area (Å²) in [5.41, 5.74) is 2.15. The second-order valence-electron chi connectivity index (χ2n) is 7.06. The predicted octanol–water partition coefficient (Wildman–Crippen LogP) is 3.55. The maximum atomic E-state index is 12.9. The first-order valence-electron chi connectivity index (χ1n) is 9.25. The van der Waals surface area contributed by atoms with Crippen LogP contribution in [0, 0.1) is 10.1 Å². The minimum atomic E-state index is -0.443. The summed E-state index contributed by atoms with van der Waals surface area (Å²) in [5.74, 6) is -0.0262. The van der Waals surface area contributed by atoms with Crippen LogP contribution in [0.3, 0.4) is 0 Å². The van der Waals surface area contributed by atoms with Gasteiger partial charge in [-0.05, 0) is 36.6 Å². The quantitative estimate of drug-likeness (QED) is 0.566. The van der Waals surface area contributed by atoms with Crippen LogP contribution in [-0.2, 0) is 11.3 Å². The fourth-order valence-corrected chi connectivity index (χ4v) is 3.40. The summed E-state index contributed by atoms with van der Waals surface area (Å²) in [5, 5.41) is 11.0. The zero-order chi connectivity index (χ0) is 20.3. The standard InChI is InChI=1S/C21H23N3O4/c1-15(17-7-4-9-19(13-17)24(27)28)22(2)21(26)18-8-3-6-16(12-18)14-23-11-5-10-20(23)25/h3-4,6-9,12-13,15H,5,10-11,14H2,1-2H3/t15-/m0/s1. The molecule has 2 aromatic carbocycles. The van der Waals surface area contributed by atoms with Gasteiger partial charge in [-0.15, -0.1) is 0 Å². The van der Waals surface area contributed by atoms with Crippen LogP contribution in [0.15, 0.2) is 48.5 Å². The van der Waals surface area contributed by atoms with Crippen molar-refractivity contribution < 1.29 is 14.5 Å². The molecule has 0 aliphatic carbocycles. The first kappa shape index (κ1) is 19.5. The first-order chi connectivity index (χ1) is 13.4. The number of hydrogen-bond donors (Lipinski definition) is 0. The minimum absolute atomic E-state index is 0.00229. The average molecular weight is 381 g/mol. The average Bonchev–Trinajstić information content (AvgIpc) is 3.11. The summed E-state index contributed by atoms with van der Waals surface area (Å²) < 4.78 is 0. The molecule has 28 heavy (non-hydrogen) atoms. The molecule has 0 aromatic heterocycles. The third kappa shape index (κ3) is 4.19. The SMILES string of the molecule is C[C@@H](c1cccc([N+](=O)[O-])c1)N(C)C(=O)c1cccc(CN2CCCC2=O)c1. The molecule has 7 nitrogen and oxygen atoms in total. The van der Waals surface area contributed by atoms with Gasteiger partial charge in [0.25, 0.3) is 11.6 Å². The molecule has 2 amide bonds. The van der Waals surface area contributed by atoms with E-state index in [-0.39, 0.29) is 23.5 Å². The lowest BCUT2D eigenvalue weighted by atomic mass is 10.0. The van der Waals surface area contributed by atoms with E-state index in [4.69, 9.17) is 0 Å². The number of hydrogen-bond acceptors (Lipinski definition) is 4. The number of amides is 2. The van der Waals surface area contributed by atoms with Crippen LogP contribution in [0.2, 0.25) is 0 Å². The van der Waals surface area contributed by atoms with E-state index in [2.05, 4.69) is 0 Å². The van der Waals surface area contributed by atoms with Gasteiger partial charge < -0.3 is 9.80 Å². The third-order valence-corrected chi connectivity index (χ3v) is 5.18. The molecule has 0 bridgehead atoms. The van der Waals surface area contributed by atoms with Gasteiger partial charge in [-0.25, -0.2) is 0 Å². The van der Waals surface area contributed by atoms with Crippen molar-refractivity contribution in [3.8, 4) is 0 Å². The van der Waals surface area contributed by atoms with Crippen molar-refractivity contribution in [1.29, 1.82) is 0 Å². The highest BCUT2D eigenvalue weighted by Crippen LogP contribution is 2.25. The van der Waals surface area contributed by atoms with E-state index >= 15 is 0 Å². The molecule has 0 spiro atoms. The fourth-order valence-electron chi connectivity index (χ4n) is 3.40. The molecule has 1 heterocycles. The molecule has 7 heteroatoms. The zero-order valence-corrected chi connectivity index (χ0v) is 16.0. The van der Waals surface area contributed by atoms with Gasteiger partial charge in [0.05, 0.1) is 11.0 Å². The molecule has 1 fully saturated rings. The van der Waals surface area contributed by atoms with E-state index in [0.29, 0.717) is 24.1 Å². The van der Waals surface area contributed by atoms with Gasteiger partial charge in [0.15, 0.2) is 0 Å². The minimum Gasteiger partial charge on any atom is -0.338 e. The van der Waals surface area contributed by atoms with Crippen molar-refractivity contribution >= 4 is 17.5 Å². The summed E-state index contributed by atoms with van der Waals surface area (Å²) in [4.78, 5) is 38.7. The van der Waals surface area contributed by atoms with Crippen molar-refractivity contribution in [2.24, 2.45) is 0 Å². The molecule has 0 saturated carbocycles. The molecule has 2 aromatic rings. The van der Waals surface area contributed by atoms with Crippen molar-refractivity contribution in [1.82, 2.24) is 9.80 Å². The van der Waals surface area contributed by atoms with E-state index in [0.717, 1.165) is 18.5 Å². The van der Waals surface area contributed by atoms with Crippen molar-refractivity contribution in [2.45, 2.75) is 32.4 Å². The Bertz CT molecular complexity index is 912. The Kier molecular flexibility index (Phi) is 5.73. The molecule has 146 valence electrons. The van der Waals surface area contributed by atoms with Gasteiger partial charge in [-0.2, -0.15) is 0 Å². The topological polar surface area (TPSA) is 83.8 Å². The number of carbonyl (C=O) groups is 2. The van der Waals surface area contributed by atoms with E-state index in [1.54, 1.807) is 35.0 Å². The van der Waals surface area contributed by atoms with Crippen LogP contribution in [-0.4, -0.2) is 40.1 Å². The molecule has 1 saturated heterocycles. The highest BCUT2D eigenvalue weighted by Gasteiger charge is 2.22. The molecular weight excluding hydrogens is 358 g/mol. The van der Waals surface area contributed by atoms with Gasteiger partial charge >= 0.3 is 0 Å². The lowest BCUT2D eigenvalue weighted by Crippen LogP contribution is -2.30. The lowest BCUT2D eigenvalue weighted by Gasteiger charge is -2.25. The molecule has 0 N–H and O–H groups in total. The molecule has 1 aliphatic heterocycles. The largest absolute Gasteiger partial charge is 0.338 e. The van der Waals surface area contributed by atoms with Crippen LogP contribution in [0.25, 0.3) is 0 Å². The maximum absolute atomic E-state index is 12.9. The zero-order valence-electron chi connectivity index (χ0n) is 16.0. The van der Waals surface area contributed by atoms with Gasteiger partial charge in [0.2, 0.25) is 5.91 Å². The lowest BCUT2D eigenvalue weighted by molar-refractivity contribution is -0.384. The Balaban J connectivity index is 1.75. The Hall–Kier alpha value is -3.22. The number of likely N-dealkylation sites (tertiary alicyclic amines) is 1. The molecule has 1 atom stereocenters. The summed E-state index contributed by atoms with van der Waals surface area (Å²) >= 11 is 0. The number of rotatable bonds is 6. The second kappa shape index (κ2) is 8.21. The second-order valence-corrected chi connectivity index (χ2v) is 7.06. The summed E-state index contributed by atoms with van der Waals surface area (Å²) in [6, 6.07) is 13.3. The monoisotopic (exact) mass is 381 g/mol. The van der Waals surface area contributed by atoms with Gasteiger partial charge in [0, 0.05) is 44.3 Å². The molecular formula is C21H23N3O4. The van der Waals surface area contributed by atoms with Crippen LogP contribution in [0.1, 0.15) is 47.3 Å². The van der Waals surface area contributed by atoms with Crippen LogP contribution < -0.4 is 0 Å². The van der Waals surface area contributed by atoms with Crippen molar-refractivity contribution in [3.63, 3.8) is 0 Å². The Morgan fingerprint density at radius 1 is 1.25 bits per heavy atom. The number of nitro groups is 1. The molecule has 3 rings (SSSR count). The predicted molar refractivity (Wildman–Crippen MR) is 105 cm³/mol. The number of nitro benzene ring substituents is 1. The maximum Gasteiger partial charge on any atom is 0.269 e. The normalized spacial score (nSPS) is 14.8. The van der Waals surface area contributed by atoms with Crippen molar-refractivity contribution in [2.75, 3.05) is 13.6 Å². The van der Waals surface area contributed by atoms with Crippen molar-refractivity contribution in [3.05, 3.63) is 75.3 Å². The molecule has 1 aliphatic rings. The molecule has 0 radical (unpaired) electrons. The van der Waals surface area contributed by atoms with E-state index in [1.165, 1.54) is 12.1 Å². The number of non-ortho nitro benzene ring substituents is 1. The molecule has 0 unspecified atom stereocenters. The van der Waals surface area contributed by atoms with Gasteiger partial charge in [-0.3, -0.25) is 19.7 Å². The number of nitrogens with zero attached hydrogens (tertiary/aromatic N) is 3. The van der Waals surface area contributed by atoms with Crippen LogP contribution >= 0.6 is 0 Å². The van der Waals surface area contributed by atoms with Gasteiger partial charge in [-0.1, -0.05) is 24.3 Å². The van der Waals surface area contributed by atoms with Crippen LogP contribution in [0.4, 0.5) is 5.69 Å². The summed E-state index contributed by atoms with van der Waals surface area (Å²) in [7, 11) is 1.68. The van der Waals surface area contributed by atoms with E-state index < -0.39 is 4.92 Å². The number of carbonyl (C=O) groups excluding carboxylic acids is 2. The fraction of sp³-hybridized carbons (Fsp3) is 0.333. The third-order valence-electron chi connectivity index (χ3n) is 5.18.